The van der Waals surface area contributed by atoms with Crippen molar-refractivity contribution in [2.75, 3.05) is 0 Å². The number of phenols is 4. The molecular formula is C15H16ClN5O4. The molecular weight excluding hydrogens is 350 g/mol. The minimum absolute atomic E-state index is 0. The number of phenolic OH excluding ortho intramolecular Hbond substituents is 4. The van der Waals surface area contributed by atoms with Crippen LogP contribution < -0.4 is 11.2 Å². The highest BCUT2D eigenvalue weighted by molar-refractivity contribution is 5.87. The molecule has 2 aromatic carbocycles. The van der Waals surface area contributed by atoms with Crippen LogP contribution in [0, 0.1) is 0 Å². The van der Waals surface area contributed by atoms with Crippen LogP contribution in [0.4, 0.5) is 0 Å². The summed E-state index contributed by atoms with van der Waals surface area (Å²) in [5.74, 6) is -0.552. The molecule has 0 spiro atoms. The lowest BCUT2D eigenvalue weighted by atomic mass is 10.2. The molecule has 0 radical (unpaired) electrons. The van der Waals surface area contributed by atoms with Crippen molar-refractivity contribution in [1.29, 1.82) is 0 Å². The zero-order valence-corrected chi connectivity index (χ0v) is 13.6. The number of hydrogen-bond donors (Lipinski definition) is 6. The Balaban J connectivity index is 0.00000312. The van der Waals surface area contributed by atoms with Crippen LogP contribution in [0.15, 0.2) is 51.7 Å². The first-order valence-corrected chi connectivity index (χ1v) is 6.65. The van der Waals surface area contributed by atoms with Gasteiger partial charge in [0.15, 0.2) is 0 Å². The van der Waals surface area contributed by atoms with E-state index in [1.165, 1.54) is 48.8 Å². The molecule has 0 saturated heterocycles. The summed E-state index contributed by atoms with van der Waals surface area (Å²) in [6.07, 6.45) is 2.53. The quantitative estimate of drug-likeness (QED) is 0.271. The summed E-state index contributed by atoms with van der Waals surface area (Å²) in [5, 5.41) is 48.5. The molecule has 0 aliphatic heterocycles. The van der Waals surface area contributed by atoms with Gasteiger partial charge in [0.2, 0.25) is 5.96 Å². The van der Waals surface area contributed by atoms with Crippen molar-refractivity contribution < 1.29 is 20.4 Å². The van der Waals surface area contributed by atoms with Gasteiger partial charge in [-0.2, -0.15) is 10.2 Å². The zero-order chi connectivity index (χ0) is 17.5. The van der Waals surface area contributed by atoms with Gasteiger partial charge >= 0.3 is 0 Å². The predicted octanol–water partition coefficient (Wildman–Crippen LogP) is 1.20. The number of rotatable bonds is 4. The van der Waals surface area contributed by atoms with E-state index in [9.17, 15) is 15.3 Å². The SMILES string of the molecule is Cl.N/C(=N\N=C\c1ccc(O)cc1O)N/N=C\c1ccc(O)cc1O. The Labute approximate surface area is 148 Å². The van der Waals surface area contributed by atoms with Gasteiger partial charge in [-0.25, -0.2) is 5.43 Å². The van der Waals surface area contributed by atoms with Crippen molar-refractivity contribution in [3.8, 4) is 23.0 Å². The zero-order valence-electron chi connectivity index (χ0n) is 12.7. The van der Waals surface area contributed by atoms with Crippen molar-refractivity contribution >= 4 is 30.8 Å². The molecule has 132 valence electrons. The fourth-order valence-electron chi connectivity index (χ4n) is 1.63. The second-order valence-corrected chi connectivity index (χ2v) is 4.59. The number of halogens is 1. The van der Waals surface area contributed by atoms with Crippen molar-refractivity contribution in [2.45, 2.75) is 0 Å². The van der Waals surface area contributed by atoms with Crippen molar-refractivity contribution in [3.05, 3.63) is 47.5 Å². The number of benzene rings is 2. The summed E-state index contributed by atoms with van der Waals surface area (Å²) in [6.45, 7) is 0. The summed E-state index contributed by atoms with van der Waals surface area (Å²) in [5.41, 5.74) is 8.64. The van der Waals surface area contributed by atoms with E-state index in [2.05, 4.69) is 20.7 Å². The third kappa shape index (κ3) is 5.92. The minimum Gasteiger partial charge on any atom is -0.508 e. The second-order valence-electron chi connectivity index (χ2n) is 4.59. The number of hydrogen-bond acceptors (Lipinski definition) is 7. The first-order chi connectivity index (χ1) is 11.5. The van der Waals surface area contributed by atoms with E-state index in [4.69, 9.17) is 10.8 Å². The molecule has 0 unspecified atom stereocenters. The number of hydrazone groups is 1. The first kappa shape index (κ1) is 19.6. The Kier molecular flexibility index (Phi) is 7.04. The molecule has 0 atom stereocenters. The molecule has 0 aliphatic carbocycles. The average Bonchev–Trinajstić information content (AvgIpc) is 2.51. The molecule has 0 saturated carbocycles. The molecule has 2 rings (SSSR count). The van der Waals surface area contributed by atoms with E-state index in [-0.39, 0.29) is 41.4 Å². The Bertz CT molecular complexity index is 824. The van der Waals surface area contributed by atoms with Crippen LogP contribution in [0.25, 0.3) is 0 Å². The summed E-state index contributed by atoms with van der Waals surface area (Å²) in [4.78, 5) is 0. The van der Waals surface area contributed by atoms with Crippen LogP contribution in [0.1, 0.15) is 11.1 Å². The summed E-state index contributed by atoms with van der Waals surface area (Å²) >= 11 is 0. The van der Waals surface area contributed by atoms with Crippen LogP contribution in [-0.2, 0) is 0 Å². The van der Waals surface area contributed by atoms with Crippen molar-refractivity contribution in [3.63, 3.8) is 0 Å². The molecule has 0 heterocycles. The fourth-order valence-corrected chi connectivity index (χ4v) is 1.63. The maximum absolute atomic E-state index is 9.56. The number of guanidine groups is 1. The van der Waals surface area contributed by atoms with Crippen LogP contribution >= 0.6 is 12.4 Å². The topological polar surface area (TPSA) is 156 Å². The summed E-state index contributed by atoms with van der Waals surface area (Å²) in [6, 6.07) is 8.05. The summed E-state index contributed by atoms with van der Waals surface area (Å²) in [7, 11) is 0. The molecule has 7 N–H and O–H groups in total. The Hall–Kier alpha value is -3.46. The van der Waals surface area contributed by atoms with Gasteiger partial charge in [0.25, 0.3) is 0 Å². The average molecular weight is 366 g/mol. The van der Waals surface area contributed by atoms with Crippen LogP contribution in [-0.4, -0.2) is 38.8 Å². The van der Waals surface area contributed by atoms with E-state index >= 15 is 0 Å². The molecule has 0 fully saturated rings. The largest absolute Gasteiger partial charge is 0.508 e. The number of aromatic hydroxyl groups is 4. The Morgan fingerprint density at radius 1 is 0.880 bits per heavy atom. The smallest absolute Gasteiger partial charge is 0.234 e. The molecule has 0 aliphatic rings. The van der Waals surface area contributed by atoms with E-state index in [0.29, 0.717) is 11.1 Å². The normalized spacial score (nSPS) is 11.6. The lowest BCUT2D eigenvalue weighted by molar-refractivity contribution is 0.449. The third-order valence-electron chi connectivity index (χ3n) is 2.77. The molecule has 25 heavy (non-hydrogen) atoms. The molecule has 0 bridgehead atoms. The lowest BCUT2D eigenvalue weighted by Gasteiger charge is -2.00. The number of nitrogens with zero attached hydrogens (tertiary/aromatic N) is 3. The van der Waals surface area contributed by atoms with Crippen molar-refractivity contribution in [1.82, 2.24) is 5.43 Å². The fraction of sp³-hybridized carbons (Fsp3) is 0. The van der Waals surface area contributed by atoms with Crippen molar-refractivity contribution in [2.24, 2.45) is 21.0 Å². The van der Waals surface area contributed by atoms with E-state index < -0.39 is 0 Å². The summed E-state index contributed by atoms with van der Waals surface area (Å²) < 4.78 is 0. The Morgan fingerprint density at radius 2 is 1.40 bits per heavy atom. The van der Waals surface area contributed by atoms with E-state index in [1.807, 2.05) is 0 Å². The van der Waals surface area contributed by atoms with Gasteiger partial charge in [0, 0.05) is 23.3 Å². The van der Waals surface area contributed by atoms with Gasteiger partial charge in [-0.15, -0.1) is 17.5 Å². The molecule has 0 amide bonds. The van der Waals surface area contributed by atoms with Gasteiger partial charge in [0.1, 0.15) is 23.0 Å². The number of nitrogens with two attached hydrogens (primary N) is 1. The maximum Gasteiger partial charge on any atom is 0.234 e. The van der Waals surface area contributed by atoms with Gasteiger partial charge < -0.3 is 26.2 Å². The molecule has 9 nitrogen and oxygen atoms in total. The maximum atomic E-state index is 9.56. The van der Waals surface area contributed by atoms with Crippen LogP contribution in [0.5, 0.6) is 23.0 Å². The molecule has 0 aromatic heterocycles. The highest BCUT2D eigenvalue weighted by Crippen LogP contribution is 2.21. The molecule has 2 aromatic rings. The molecule has 10 heteroatoms. The van der Waals surface area contributed by atoms with Gasteiger partial charge in [-0.1, -0.05) is 0 Å². The van der Waals surface area contributed by atoms with Gasteiger partial charge in [-0.05, 0) is 24.3 Å². The second kappa shape index (κ2) is 8.99. The van der Waals surface area contributed by atoms with E-state index in [0.717, 1.165) is 0 Å². The third-order valence-corrected chi connectivity index (χ3v) is 2.77. The Morgan fingerprint density at radius 3 is 1.92 bits per heavy atom. The highest BCUT2D eigenvalue weighted by Gasteiger charge is 2.00. The van der Waals surface area contributed by atoms with Gasteiger partial charge in [0.05, 0.1) is 12.4 Å². The van der Waals surface area contributed by atoms with Crippen LogP contribution in [0.2, 0.25) is 0 Å². The standard InChI is InChI=1S/C15H15N5O4.ClH/c16-15(19-17-7-9-1-3-11(21)5-13(9)23)20-18-8-10-2-4-12(22)6-14(10)24;/h1-8,21-24H,(H3,16,19,20);1H/b17-7-,18-8+;. The monoisotopic (exact) mass is 365 g/mol. The first-order valence-electron chi connectivity index (χ1n) is 6.65. The van der Waals surface area contributed by atoms with Gasteiger partial charge in [-0.3, -0.25) is 0 Å². The lowest BCUT2D eigenvalue weighted by Crippen LogP contribution is -2.26. The highest BCUT2D eigenvalue weighted by atomic mass is 35.5. The minimum atomic E-state index is -0.152. The van der Waals surface area contributed by atoms with E-state index in [1.54, 1.807) is 0 Å². The number of nitrogens with one attached hydrogen (secondary N) is 1. The van der Waals surface area contributed by atoms with Crippen LogP contribution in [0.3, 0.4) is 0 Å². The predicted molar refractivity (Wildman–Crippen MR) is 96.7 cm³/mol.